The van der Waals surface area contributed by atoms with E-state index < -0.39 is 0 Å². The van der Waals surface area contributed by atoms with Crippen LogP contribution in [-0.4, -0.2) is 30.2 Å². The van der Waals surface area contributed by atoms with Crippen molar-refractivity contribution in [2.75, 3.05) is 18.8 Å². The standard InChI is InChI=1S/C15H23BrN2O/c1-3-11-8-18(9-12(4-2)19-11)10-13-14(16)6-5-7-15(13)17/h5-7,11-12H,3-4,8-10,17H2,1-2H3. The summed E-state index contributed by atoms with van der Waals surface area (Å²) in [7, 11) is 0. The van der Waals surface area contributed by atoms with Crippen LogP contribution in [0.25, 0.3) is 0 Å². The van der Waals surface area contributed by atoms with Crippen molar-refractivity contribution < 1.29 is 4.74 Å². The van der Waals surface area contributed by atoms with Crippen LogP contribution in [0, 0.1) is 0 Å². The van der Waals surface area contributed by atoms with Gasteiger partial charge in [0, 0.05) is 35.4 Å². The molecule has 0 aliphatic carbocycles. The molecule has 1 aliphatic heterocycles. The molecule has 0 aromatic heterocycles. The number of hydrogen-bond donors (Lipinski definition) is 1. The maximum Gasteiger partial charge on any atom is 0.0703 e. The van der Waals surface area contributed by atoms with Gasteiger partial charge in [-0.25, -0.2) is 0 Å². The lowest BCUT2D eigenvalue weighted by Crippen LogP contribution is -2.46. The zero-order valence-corrected chi connectivity index (χ0v) is 13.3. The molecule has 4 heteroatoms. The second-order valence-electron chi connectivity index (χ2n) is 5.20. The quantitative estimate of drug-likeness (QED) is 0.861. The number of nitrogen functional groups attached to an aromatic ring is 1. The zero-order valence-electron chi connectivity index (χ0n) is 11.7. The summed E-state index contributed by atoms with van der Waals surface area (Å²) in [5.74, 6) is 0. The number of anilines is 1. The van der Waals surface area contributed by atoms with E-state index in [1.807, 2.05) is 12.1 Å². The first-order valence-corrected chi connectivity index (χ1v) is 7.84. The summed E-state index contributed by atoms with van der Waals surface area (Å²) < 4.78 is 7.13. The molecule has 2 atom stereocenters. The fraction of sp³-hybridized carbons (Fsp3) is 0.600. The fourth-order valence-electron chi connectivity index (χ4n) is 2.55. The Kier molecular flexibility index (Phi) is 5.25. The molecule has 3 nitrogen and oxygen atoms in total. The van der Waals surface area contributed by atoms with Crippen molar-refractivity contribution in [3.8, 4) is 0 Å². The van der Waals surface area contributed by atoms with Crippen molar-refractivity contribution >= 4 is 21.6 Å². The maximum atomic E-state index is 6.08. The second-order valence-corrected chi connectivity index (χ2v) is 6.05. The molecule has 106 valence electrons. The molecule has 1 aliphatic rings. The van der Waals surface area contributed by atoms with Crippen LogP contribution in [-0.2, 0) is 11.3 Å². The lowest BCUT2D eigenvalue weighted by molar-refractivity contribution is -0.0892. The summed E-state index contributed by atoms with van der Waals surface area (Å²) in [5.41, 5.74) is 8.14. The Balaban J connectivity index is 2.09. The van der Waals surface area contributed by atoms with E-state index in [9.17, 15) is 0 Å². The fourth-order valence-corrected chi connectivity index (χ4v) is 3.06. The number of morpholine rings is 1. The van der Waals surface area contributed by atoms with Crippen molar-refractivity contribution in [1.82, 2.24) is 4.90 Å². The van der Waals surface area contributed by atoms with Crippen molar-refractivity contribution in [1.29, 1.82) is 0 Å². The molecule has 19 heavy (non-hydrogen) atoms. The van der Waals surface area contributed by atoms with Crippen LogP contribution in [0.15, 0.2) is 22.7 Å². The van der Waals surface area contributed by atoms with Gasteiger partial charge in [0.05, 0.1) is 12.2 Å². The molecular formula is C15H23BrN2O. The highest BCUT2D eigenvalue weighted by Crippen LogP contribution is 2.26. The van der Waals surface area contributed by atoms with Gasteiger partial charge in [-0.1, -0.05) is 35.8 Å². The number of ether oxygens (including phenoxy) is 1. The number of rotatable bonds is 4. The molecule has 2 N–H and O–H groups in total. The van der Waals surface area contributed by atoms with Gasteiger partial charge < -0.3 is 10.5 Å². The Morgan fingerprint density at radius 3 is 2.42 bits per heavy atom. The van der Waals surface area contributed by atoms with Crippen LogP contribution in [0.2, 0.25) is 0 Å². The molecule has 0 radical (unpaired) electrons. The minimum absolute atomic E-state index is 0.349. The molecule has 0 saturated carbocycles. The van der Waals surface area contributed by atoms with Gasteiger partial charge in [0.15, 0.2) is 0 Å². The van der Waals surface area contributed by atoms with Gasteiger partial charge in [-0.2, -0.15) is 0 Å². The Bertz CT molecular complexity index is 392. The van der Waals surface area contributed by atoms with Gasteiger partial charge in [-0.15, -0.1) is 0 Å². The van der Waals surface area contributed by atoms with Gasteiger partial charge in [-0.05, 0) is 25.0 Å². The Hall–Kier alpha value is -0.580. The third-order valence-electron chi connectivity index (χ3n) is 3.76. The second kappa shape index (κ2) is 6.73. The Labute approximate surface area is 124 Å². The first kappa shape index (κ1) is 14.8. The largest absolute Gasteiger partial charge is 0.398 e. The van der Waals surface area contributed by atoms with Crippen molar-refractivity contribution in [3.63, 3.8) is 0 Å². The third kappa shape index (κ3) is 3.71. The van der Waals surface area contributed by atoms with Crippen LogP contribution in [0.3, 0.4) is 0 Å². The molecule has 0 bridgehead atoms. The van der Waals surface area contributed by atoms with E-state index in [-0.39, 0.29) is 0 Å². The van der Waals surface area contributed by atoms with E-state index >= 15 is 0 Å². The lowest BCUT2D eigenvalue weighted by atomic mass is 10.1. The number of nitrogens with two attached hydrogens (primary N) is 1. The molecule has 0 amide bonds. The van der Waals surface area contributed by atoms with Gasteiger partial charge in [0.2, 0.25) is 0 Å². The summed E-state index contributed by atoms with van der Waals surface area (Å²) in [5, 5.41) is 0. The summed E-state index contributed by atoms with van der Waals surface area (Å²) >= 11 is 3.60. The number of halogens is 1. The van der Waals surface area contributed by atoms with Crippen molar-refractivity contribution in [3.05, 3.63) is 28.2 Å². The highest BCUT2D eigenvalue weighted by Gasteiger charge is 2.26. The molecule has 2 rings (SSSR count). The molecule has 1 aromatic carbocycles. The Morgan fingerprint density at radius 2 is 1.89 bits per heavy atom. The predicted octanol–water partition coefficient (Wildman–Crippen LogP) is 3.42. The highest BCUT2D eigenvalue weighted by atomic mass is 79.9. The normalized spacial score (nSPS) is 24.6. The molecule has 2 unspecified atom stereocenters. The smallest absolute Gasteiger partial charge is 0.0703 e. The zero-order chi connectivity index (χ0) is 13.8. The predicted molar refractivity (Wildman–Crippen MR) is 83.1 cm³/mol. The van der Waals surface area contributed by atoms with Gasteiger partial charge >= 0.3 is 0 Å². The van der Waals surface area contributed by atoms with E-state index in [1.54, 1.807) is 0 Å². The van der Waals surface area contributed by atoms with Crippen molar-refractivity contribution in [2.45, 2.75) is 45.4 Å². The highest BCUT2D eigenvalue weighted by molar-refractivity contribution is 9.10. The first-order valence-electron chi connectivity index (χ1n) is 7.04. The van der Waals surface area contributed by atoms with Crippen LogP contribution < -0.4 is 5.73 Å². The summed E-state index contributed by atoms with van der Waals surface area (Å²) in [6.07, 6.45) is 2.83. The molecular weight excluding hydrogens is 304 g/mol. The van der Waals surface area contributed by atoms with Crippen LogP contribution in [0.5, 0.6) is 0 Å². The average Bonchev–Trinajstić information content (AvgIpc) is 2.42. The molecule has 0 spiro atoms. The Morgan fingerprint density at radius 1 is 1.26 bits per heavy atom. The van der Waals surface area contributed by atoms with E-state index in [0.717, 1.165) is 42.6 Å². The first-order chi connectivity index (χ1) is 9.13. The average molecular weight is 327 g/mol. The van der Waals surface area contributed by atoms with Crippen LogP contribution >= 0.6 is 15.9 Å². The van der Waals surface area contributed by atoms with Gasteiger partial charge in [0.1, 0.15) is 0 Å². The van der Waals surface area contributed by atoms with E-state index in [0.29, 0.717) is 12.2 Å². The molecule has 1 saturated heterocycles. The lowest BCUT2D eigenvalue weighted by Gasteiger charge is -2.38. The topological polar surface area (TPSA) is 38.5 Å². The molecule has 1 heterocycles. The van der Waals surface area contributed by atoms with Crippen LogP contribution in [0.4, 0.5) is 5.69 Å². The van der Waals surface area contributed by atoms with Gasteiger partial charge in [-0.3, -0.25) is 4.90 Å². The third-order valence-corrected chi connectivity index (χ3v) is 4.50. The minimum atomic E-state index is 0.349. The van der Waals surface area contributed by atoms with Crippen LogP contribution in [0.1, 0.15) is 32.3 Å². The van der Waals surface area contributed by atoms with E-state index in [2.05, 4.69) is 40.7 Å². The van der Waals surface area contributed by atoms with Crippen molar-refractivity contribution in [2.24, 2.45) is 0 Å². The summed E-state index contributed by atoms with van der Waals surface area (Å²) in [4.78, 5) is 2.46. The maximum absolute atomic E-state index is 6.08. The number of hydrogen-bond acceptors (Lipinski definition) is 3. The van der Waals surface area contributed by atoms with Gasteiger partial charge in [0.25, 0.3) is 0 Å². The van der Waals surface area contributed by atoms with E-state index in [4.69, 9.17) is 10.5 Å². The van der Waals surface area contributed by atoms with E-state index in [1.165, 1.54) is 5.56 Å². The number of benzene rings is 1. The minimum Gasteiger partial charge on any atom is -0.398 e. The monoisotopic (exact) mass is 326 g/mol. The summed E-state index contributed by atoms with van der Waals surface area (Å²) in [6.45, 7) is 7.26. The molecule has 1 aromatic rings. The summed E-state index contributed by atoms with van der Waals surface area (Å²) in [6, 6.07) is 6.00. The molecule has 1 fully saturated rings. The SMILES string of the molecule is CCC1CN(Cc2c(N)cccc2Br)CC(CC)O1. The number of nitrogens with zero attached hydrogens (tertiary/aromatic N) is 1.